The molecule has 1 aromatic carbocycles. The van der Waals surface area contributed by atoms with Crippen LogP contribution in [0.15, 0.2) is 48.9 Å². The second-order valence-electron chi connectivity index (χ2n) is 5.74. The van der Waals surface area contributed by atoms with Gasteiger partial charge in [-0.15, -0.1) is 0 Å². The summed E-state index contributed by atoms with van der Waals surface area (Å²) in [6.07, 6.45) is 4.71. The number of benzene rings is 1. The maximum atomic E-state index is 12.6. The van der Waals surface area contributed by atoms with Gasteiger partial charge in [-0.25, -0.2) is 4.98 Å². The van der Waals surface area contributed by atoms with Crippen molar-refractivity contribution in [2.75, 3.05) is 0 Å². The van der Waals surface area contributed by atoms with Gasteiger partial charge in [-0.05, 0) is 12.0 Å². The van der Waals surface area contributed by atoms with Gasteiger partial charge in [-0.1, -0.05) is 37.3 Å². The van der Waals surface area contributed by atoms with Crippen LogP contribution in [0, 0.1) is 0 Å². The van der Waals surface area contributed by atoms with E-state index in [1.807, 2.05) is 30.3 Å². The Morgan fingerprint density at radius 2 is 1.88 bits per heavy atom. The predicted molar refractivity (Wildman–Crippen MR) is 95.8 cm³/mol. The van der Waals surface area contributed by atoms with Gasteiger partial charge in [-0.2, -0.15) is 0 Å². The van der Waals surface area contributed by atoms with Crippen LogP contribution >= 0.6 is 0 Å². The number of carbonyl (C=O) groups is 2. The van der Waals surface area contributed by atoms with Crippen LogP contribution in [-0.2, 0) is 11.2 Å². The molecule has 2 atom stereocenters. The van der Waals surface area contributed by atoms with Gasteiger partial charge in [-0.3, -0.25) is 14.6 Å². The number of aromatic nitrogens is 2. The second-order valence-corrected chi connectivity index (χ2v) is 5.74. The molecule has 0 aliphatic carbocycles. The standard InChI is InChI=1S/C17H21BN4O4/c1-2-15(18(25)26)22-16(23)13(10-12-6-4-3-5-7-12)21-17(24)14-11-19-8-9-20-14/h3-9,11,13,15,25-26H,2,10H2,1H3,(H,21,24)(H,22,23)/t13-,15-/m0/s1. The normalized spacial score (nSPS) is 12.7. The molecule has 0 spiro atoms. The van der Waals surface area contributed by atoms with Crippen LogP contribution in [0.3, 0.4) is 0 Å². The highest BCUT2D eigenvalue weighted by atomic mass is 16.4. The molecule has 0 aliphatic heterocycles. The van der Waals surface area contributed by atoms with Gasteiger partial charge in [0.05, 0.1) is 12.1 Å². The molecule has 0 saturated carbocycles. The quantitative estimate of drug-likeness (QED) is 0.483. The van der Waals surface area contributed by atoms with Gasteiger partial charge in [0.2, 0.25) is 5.91 Å². The molecule has 9 heteroatoms. The molecule has 1 aromatic heterocycles. The first kappa shape index (κ1) is 19.5. The topological polar surface area (TPSA) is 124 Å². The molecule has 0 aliphatic rings. The monoisotopic (exact) mass is 356 g/mol. The lowest BCUT2D eigenvalue weighted by atomic mass is 9.77. The van der Waals surface area contributed by atoms with Crippen molar-refractivity contribution in [1.29, 1.82) is 0 Å². The fourth-order valence-corrected chi connectivity index (χ4v) is 2.38. The summed E-state index contributed by atoms with van der Waals surface area (Å²) in [7, 11) is -1.68. The van der Waals surface area contributed by atoms with E-state index in [1.165, 1.54) is 18.6 Å². The molecule has 0 unspecified atom stereocenters. The lowest BCUT2D eigenvalue weighted by Crippen LogP contribution is -2.54. The zero-order valence-corrected chi connectivity index (χ0v) is 14.4. The number of hydrogen-bond acceptors (Lipinski definition) is 6. The second kappa shape index (κ2) is 9.64. The molecule has 2 rings (SSSR count). The molecule has 0 radical (unpaired) electrons. The molecule has 0 saturated heterocycles. The van der Waals surface area contributed by atoms with Gasteiger partial charge in [0.1, 0.15) is 11.7 Å². The summed E-state index contributed by atoms with van der Waals surface area (Å²) in [5.74, 6) is -1.87. The largest absolute Gasteiger partial charge is 0.475 e. The third kappa shape index (κ3) is 5.64. The van der Waals surface area contributed by atoms with E-state index in [0.717, 1.165) is 5.56 Å². The van der Waals surface area contributed by atoms with Crippen LogP contribution in [0.4, 0.5) is 0 Å². The SMILES string of the molecule is CC[C@H](NC(=O)[C@H](Cc1ccccc1)NC(=O)c1cnccn1)B(O)O. The van der Waals surface area contributed by atoms with Crippen molar-refractivity contribution < 1.29 is 19.6 Å². The van der Waals surface area contributed by atoms with Crippen molar-refractivity contribution in [1.82, 2.24) is 20.6 Å². The average molecular weight is 356 g/mol. The third-order valence-electron chi connectivity index (χ3n) is 3.83. The first-order chi connectivity index (χ1) is 12.5. The Bertz CT molecular complexity index is 715. The molecule has 0 fully saturated rings. The molecule has 4 N–H and O–H groups in total. The number of carbonyl (C=O) groups excluding carboxylic acids is 2. The van der Waals surface area contributed by atoms with Gasteiger partial charge < -0.3 is 20.7 Å². The van der Waals surface area contributed by atoms with Crippen molar-refractivity contribution in [2.24, 2.45) is 0 Å². The maximum absolute atomic E-state index is 12.6. The fraction of sp³-hybridized carbons (Fsp3) is 0.294. The first-order valence-corrected chi connectivity index (χ1v) is 8.28. The van der Waals surface area contributed by atoms with E-state index < -0.39 is 30.9 Å². The van der Waals surface area contributed by atoms with E-state index in [4.69, 9.17) is 0 Å². The molecule has 2 amide bonds. The Kier molecular flexibility index (Phi) is 7.25. The van der Waals surface area contributed by atoms with Crippen molar-refractivity contribution in [3.63, 3.8) is 0 Å². The summed E-state index contributed by atoms with van der Waals surface area (Å²) in [6.45, 7) is 1.72. The Balaban J connectivity index is 2.15. The molecule has 1 heterocycles. The van der Waals surface area contributed by atoms with Crippen molar-refractivity contribution >= 4 is 18.9 Å². The molecule has 0 bridgehead atoms. The summed E-state index contributed by atoms with van der Waals surface area (Å²) in [5.41, 5.74) is 0.942. The maximum Gasteiger partial charge on any atom is 0.475 e. The minimum absolute atomic E-state index is 0.0904. The zero-order chi connectivity index (χ0) is 18.9. The summed E-state index contributed by atoms with van der Waals surface area (Å²) in [6, 6.07) is 8.30. The smallest absolute Gasteiger partial charge is 0.426 e. The molecule has 136 valence electrons. The molecule has 8 nitrogen and oxygen atoms in total. The highest BCUT2D eigenvalue weighted by molar-refractivity contribution is 6.43. The summed E-state index contributed by atoms with van der Waals surface area (Å²) < 4.78 is 0. The minimum atomic E-state index is -1.68. The highest BCUT2D eigenvalue weighted by Gasteiger charge is 2.28. The van der Waals surface area contributed by atoms with Gasteiger partial charge in [0, 0.05) is 18.8 Å². The fourth-order valence-electron chi connectivity index (χ4n) is 2.38. The summed E-state index contributed by atoms with van der Waals surface area (Å²) >= 11 is 0. The zero-order valence-electron chi connectivity index (χ0n) is 14.4. The van der Waals surface area contributed by atoms with E-state index in [2.05, 4.69) is 20.6 Å². The number of amides is 2. The lowest BCUT2D eigenvalue weighted by molar-refractivity contribution is -0.123. The van der Waals surface area contributed by atoms with Crippen LogP contribution in [0.25, 0.3) is 0 Å². The van der Waals surface area contributed by atoms with E-state index in [0.29, 0.717) is 6.42 Å². The number of rotatable bonds is 8. The third-order valence-corrected chi connectivity index (χ3v) is 3.83. The number of nitrogens with zero attached hydrogens (tertiary/aromatic N) is 2. The van der Waals surface area contributed by atoms with Crippen LogP contribution < -0.4 is 10.6 Å². The van der Waals surface area contributed by atoms with Crippen LogP contribution in [0.1, 0.15) is 29.4 Å². The number of nitrogens with one attached hydrogen (secondary N) is 2. The Morgan fingerprint density at radius 3 is 2.46 bits per heavy atom. The Labute approximate surface area is 151 Å². The van der Waals surface area contributed by atoms with Crippen molar-refractivity contribution in [2.45, 2.75) is 31.7 Å². The van der Waals surface area contributed by atoms with Crippen LogP contribution in [0.5, 0.6) is 0 Å². The Morgan fingerprint density at radius 1 is 1.15 bits per heavy atom. The summed E-state index contributed by atoms with van der Waals surface area (Å²) in [5, 5.41) is 23.8. The predicted octanol–water partition coefficient (Wildman–Crippen LogP) is -0.275. The molecule has 26 heavy (non-hydrogen) atoms. The van der Waals surface area contributed by atoms with Gasteiger partial charge >= 0.3 is 7.12 Å². The van der Waals surface area contributed by atoms with Crippen LogP contribution in [-0.4, -0.2) is 50.9 Å². The van der Waals surface area contributed by atoms with Gasteiger partial charge in [0.15, 0.2) is 0 Å². The molecule has 2 aromatic rings. The van der Waals surface area contributed by atoms with Crippen molar-refractivity contribution in [3.05, 3.63) is 60.2 Å². The minimum Gasteiger partial charge on any atom is -0.426 e. The van der Waals surface area contributed by atoms with Gasteiger partial charge in [0.25, 0.3) is 5.91 Å². The summed E-state index contributed by atoms with van der Waals surface area (Å²) in [4.78, 5) is 32.7. The first-order valence-electron chi connectivity index (χ1n) is 8.28. The highest BCUT2D eigenvalue weighted by Crippen LogP contribution is 2.06. The van der Waals surface area contributed by atoms with Crippen molar-refractivity contribution in [3.8, 4) is 0 Å². The van der Waals surface area contributed by atoms with Crippen LogP contribution in [0.2, 0.25) is 0 Å². The van der Waals surface area contributed by atoms with E-state index >= 15 is 0 Å². The Hall–Kier alpha value is -2.78. The average Bonchev–Trinajstić information content (AvgIpc) is 2.66. The van der Waals surface area contributed by atoms with E-state index in [9.17, 15) is 19.6 Å². The van der Waals surface area contributed by atoms with E-state index in [-0.39, 0.29) is 12.1 Å². The lowest BCUT2D eigenvalue weighted by Gasteiger charge is -2.22. The molecular formula is C17H21BN4O4. The number of hydrogen-bond donors (Lipinski definition) is 4. The van der Waals surface area contributed by atoms with E-state index in [1.54, 1.807) is 6.92 Å². The molecular weight excluding hydrogens is 335 g/mol.